The van der Waals surface area contributed by atoms with E-state index >= 15 is 0 Å². The predicted octanol–water partition coefficient (Wildman–Crippen LogP) is 5.48. The highest BCUT2D eigenvalue weighted by Gasteiger charge is 2.24. The lowest BCUT2D eigenvalue weighted by Gasteiger charge is -2.33. The van der Waals surface area contributed by atoms with E-state index in [2.05, 4.69) is 30.6 Å². The summed E-state index contributed by atoms with van der Waals surface area (Å²) in [4.78, 5) is 30.4. The number of H-pyrrole nitrogens is 1. The van der Waals surface area contributed by atoms with Crippen molar-refractivity contribution in [2.24, 2.45) is 5.92 Å². The summed E-state index contributed by atoms with van der Waals surface area (Å²) in [5.74, 6) is 0.128. The number of hydrogen-bond donors (Lipinski definition) is 3. The third-order valence-electron chi connectivity index (χ3n) is 6.12. The number of aromatic amines is 1. The van der Waals surface area contributed by atoms with E-state index in [1.54, 1.807) is 18.5 Å². The van der Waals surface area contributed by atoms with Gasteiger partial charge in [0.25, 0.3) is 0 Å². The van der Waals surface area contributed by atoms with Crippen molar-refractivity contribution in [1.29, 1.82) is 0 Å². The second-order valence-corrected chi connectivity index (χ2v) is 9.21. The number of pyridine rings is 1. The second-order valence-electron chi connectivity index (χ2n) is 8.78. The van der Waals surface area contributed by atoms with Gasteiger partial charge in [-0.3, -0.25) is 0 Å². The average molecular weight is 494 g/mol. The number of aryl methyl sites for hydroxylation is 1. The van der Waals surface area contributed by atoms with Gasteiger partial charge in [0.05, 0.1) is 11.2 Å². The highest BCUT2D eigenvalue weighted by Crippen LogP contribution is 2.28. The molecule has 10 heteroatoms. The van der Waals surface area contributed by atoms with Crippen molar-refractivity contribution in [2.75, 3.05) is 30.3 Å². The lowest BCUT2D eigenvalue weighted by atomic mass is 9.98. The number of carbonyl (C=O) groups is 1. The smallest absolute Gasteiger partial charge is 0.321 e. The number of likely N-dealkylation sites (tertiary alicyclic amines) is 1. The van der Waals surface area contributed by atoms with Gasteiger partial charge in [-0.2, -0.15) is 0 Å². The van der Waals surface area contributed by atoms with E-state index in [0.717, 1.165) is 35.7 Å². The summed E-state index contributed by atoms with van der Waals surface area (Å²) in [6, 6.07) is 9.37. The molecule has 3 aromatic heterocycles. The summed E-state index contributed by atoms with van der Waals surface area (Å²) in [6.45, 7) is 3.75. The van der Waals surface area contributed by atoms with Crippen molar-refractivity contribution in [2.45, 2.75) is 19.8 Å². The van der Waals surface area contributed by atoms with Crippen molar-refractivity contribution in [3.63, 3.8) is 0 Å². The van der Waals surface area contributed by atoms with Gasteiger partial charge in [0, 0.05) is 48.7 Å². The van der Waals surface area contributed by atoms with E-state index in [-0.39, 0.29) is 17.8 Å². The zero-order chi connectivity index (χ0) is 24.4. The molecule has 1 fully saturated rings. The normalized spacial score (nSPS) is 15.9. The first-order valence-corrected chi connectivity index (χ1v) is 11.9. The van der Waals surface area contributed by atoms with Crippen LogP contribution in [0.3, 0.4) is 0 Å². The van der Waals surface area contributed by atoms with Crippen LogP contribution in [-0.2, 0) is 0 Å². The van der Waals surface area contributed by atoms with E-state index in [1.165, 1.54) is 0 Å². The number of amides is 2. The van der Waals surface area contributed by atoms with Crippen LogP contribution in [0.1, 0.15) is 18.4 Å². The van der Waals surface area contributed by atoms with Crippen molar-refractivity contribution in [1.82, 2.24) is 24.8 Å². The number of hydrogen-bond acceptors (Lipinski definition) is 5. The van der Waals surface area contributed by atoms with Crippen molar-refractivity contribution in [3.05, 3.63) is 65.3 Å². The molecule has 5 rings (SSSR count). The number of urea groups is 1. The standard InChI is InChI=1S/C25H25ClFN7O/c1-15-4-2-6-18(8-15)32-25(35)34-7-3-5-16(14-34)10-28-24-21(27)13-31-23(33-24)20-12-30-22-19(20)9-17(26)11-29-22/h2,4,6,8-9,11-13,16H,3,5,7,10,14H2,1H3,(H,29,30)(H,32,35)(H,28,31,33). The highest BCUT2D eigenvalue weighted by atomic mass is 35.5. The fourth-order valence-corrected chi connectivity index (χ4v) is 4.52. The van der Waals surface area contributed by atoms with E-state index in [1.807, 2.05) is 36.1 Å². The molecule has 1 aliphatic rings. The molecule has 0 radical (unpaired) electrons. The number of halogens is 2. The minimum absolute atomic E-state index is 0.123. The van der Waals surface area contributed by atoms with Crippen LogP contribution in [0.4, 0.5) is 20.7 Å². The minimum Gasteiger partial charge on any atom is -0.367 e. The third kappa shape index (κ3) is 5.19. The molecule has 1 unspecified atom stereocenters. The van der Waals surface area contributed by atoms with Gasteiger partial charge in [-0.25, -0.2) is 24.1 Å². The third-order valence-corrected chi connectivity index (χ3v) is 6.32. The Balaban J connectivity index is 1.25. The maximum absolute atomic E-state index is 14.5. The molecule has 4 heterocycles. The molecule has 0 spiro atoms. The van der Waals surface area contributed by atoms with Gasteiger partial charge in [0.15, 0.2) is 17.5 Å². The number of benzene rings is 1. The van der Waals surface area contributed by atoms with Gasteiger partial charge in [-0.15, -0.1) is 0 Å². The molecule has 4 aromatic rings. The van der Waals surface area contributed by atoms with E-state index < -0.39 is 5.82 Å². The lowest BCUT2D eigenvalue weighted by Crippen LogP contribution is -2.44. The molecule has 3 N–H and O–H groups in total. The Kier molecular flexibility index (Phi) is 6.50. The summed E-state index contributed by atoms with van der Waals surface area (Å²) in [5.41, 5.74) is 3.20. The number of piperidine rings is 1. The first kappa shape index (κ1) is 23.0. The molecule has 180 valence electrons. The fourth-order valence-electron chi connectivity index (χ4n) is 4.37. The van der Waals surface area contributed by atoms with E-state index in [9.17, 15) is 9.18 Å². The topological polar surface area (TPSA) is 98.8 Å². The molecule has 0 saturated carbocycles. The quantitative estimate of drug-likeness (QED) is 0.342. The second kappa shape index (κ2) is 9.87. The molecule has 1 aliphatic heterocycles. The maximum atomic E-state index is 14.5. The Morgan fingerprint density at radius 3 is 3.03 bits per heavy atom. The SMILES string of the molecule is Cc1cccc(NC(=O)N2CCCC(CNc3nc(-c4c[nH]c5ncc(Cl)cc45)ncc3F)C2)c1. The molecule has 8 nitrogen and oxygen atoms in total. The first-order valence-electron chi connectivity index (χ1n) is 11.5. The molecular formula is C25H25ClFN7O. The Hall–Kier alpha value is -3.72. The molecule has 35 heavy (non-hydrogen) atoms. The summed E-state index contributed by atoms with van der Waals surface area (Å²) in [7, 11) is 0. The predicted molar refractivity (Wildman–Crippen MR) is 135 cm³/mol. The number of nitrogens with zero attached hydrogens (tertiary/aromatic N) is 4. The van der Waals surface area contributed by atoms with Crippen LogP contribution in [0.5, 0.6) is 0 Å². The number of nitrogens with one attached hydrogen (secondary N) is 3. The van der Waals surface area contributed by atoms with Crippen LogP contribution in [0.15, 0.2) is 48.9 Å². The monoisotopic (exact) mass is 493 g/mol. The molecule has 0 bridgehead atoms. The van der Waals surface area contributed by atoms with Gasteiger partial charge in [0.1, 0.15) is 5.65 Å². The molecule has 0 aliphatic carbocycles. The molecule has 2 amide bonds. The Morgan fingerprint density at radius 1 is 1.29 bits per heavy atom. The van der Waals surface area contributed by atoms with Gasteiger partial charge in [0.2, 0.25) is 0 Å². The summed E-state index contributed by atoms with van der Waals surface area (Å²) in [6.07, 6.45) is 6.26. The number of fused-ring (bicyclic) bond motifs is 1. The van der Waals surface area contributed by atoms with Crippen LogP contribution in [0.2, 0.25) is 5.02 Å². The molecule has 1 aromatic carbocycles. The van der Waals surface area contributed by atoms with Gasteiger partial charge < -0.3 is 20.5 Å². The van der Waals surface area contributed by atoms with Crippen molar-refractivity contribution < 1.29 is 9.18 Å². The number of carbonyl (C=O) groups excluding carboxylic acids is 1. The van der Waals surface area contributed by atoms with Crippen LogP contribution < -0.4 is 10.6 Å². The largest absolute Gasteiger partial charge is 0.367 e. The number of aromatic nitrogens is 4. The zero-order valence-corrected chi connectivity index (χ0v) is 19.9. The Morgan fingerprint density at radius 2 is 2.17 bits per heavy atom. The van der Waals surface area contributed by atoms with Crippen LogP contribution >= 0.6 is 11.6 Å². The Labute approximate surface area is 206 Å². The Bertz CT molecular complexity index is 1380. The highest BCUT2D eigenvalue weighted by molar-refractivity contribution is 6.31. The first-order chi connectivity index (χ1) is 17.0. The fraction of sp³-hybridized carbons (Fsp3) is 0.280. The minimum atomic E-state index is -0.533. The zero-order valence-electron chi connectivity index (χ0n) is 19.2. The number of anilines is 2. The van der Waals surface area contributed by atoms with E-state index in [0.29, 0.717) is 41.7 Å². The van der Waals surface area contributed by atoms with Crippen molar-refractivity contribution >= 4 is 40.2 Å². The maximum Gasteiger partial charge on any atom is 0.321 e. The van der Waals surface area contributed by atoms with Gasteiger partial charge in [-0.1, -0.05) is 23.7 Å². The lowest BCUT2D eigenvalue weighted by molar-refractivity contribution is 0.180. The van der Waals surface area contributed by atoms with Crippen LogP contribution in [-0.4, -0.2) is 50.5 Å². The molecular weight excluding hydrogens is 469 g/mol. The van der Waals surface area contributed by atoms with Crippen LogP contribution in [0, 0.1) is 18.7 Å². The average Bonchev–Trinajstić information content (AvgIpc) is 3.27. The number of rotatable bonds is 5. The molecule has 1 atom stereocenters. The van der Waals surface area contributed by atoms with Gasteiger partial charge >= 0.3 is 6.03 Å². The summed E-state index contributed by atoms with van der Waals surface area (Å²) in [5, 5.41) is 7.35. The molecule has 1 saturated heterocycles. The van der Waals surface area contributed by atoms with Crippen LogP contribution in [0.25, 0.3) is 22.4 Å². The van der Waals surface area contributed by atoms with E-state index in [4.69, 9.17) is 11.6 Å². The summed E-state index contributed by atoms with van der Waals surface area (Å²) < 4.78 is 14.5. The summed E-state index contributed by atoms with van der Waals surface area (Å²) >= 11 is 6.09. The van der Waals surface area contributed by atoms with Gasteiger partial charge in [-0.05, 0) is 49.4 Å². The van der Waals surface area contributed by atoms with Crippen molar-refractivity contribution in [3.8, 4) is 11.4 Å².